The number of carbonyl (C=O) groups excluding carboxylic acids is 1. The maximum absolute atomic E-state index is 13.0. The van der Waals surface area contributed by atoms with Gasteiger partial charge in [0, 0.05) is 32.4 Å². The third kappa shape index (κ3) is 3.76. The zero-order valence-electron chi connectivity index (χ0n) is 16.0. The van der Waals surface area contributed by atoms with Crippen LogP contribution < -0.4 is 4.90 Å². The Kier molecular flexibility index (Phi) is 5.37. The first-order chi connectivity index (χ1) is 13.8. The molecule has 1 unspecified atom stereocenters. The lowest BCUT2D eigenvalue weighted by Crippen LogP contribution is -2.50. The highest BCUT2D eigenvalue weighted by atomic mass is 16.3. The molecule has 1 amide bonds. The Morgan fingerprint density at radius 3 is 2.54 bits per heavy atom. The summed E-state index contributed by atoms with van der Waals surface area (Å²) in [5, 5.41) is 0. The van der Waals surface area contributed by atoms with Gasteiger partial charge in [0.1, 0.15) is 5.69 Å². The van der Waals surface area contributed by atoms with Crippen molar-refractivity contribution in [3.63, 3.8) is 0 Å². The summed E-state index contributed by atoms with van der Waals surface area (Å²) in [6, 6.07) is 15.6. The molecule has 3 heterocycles. The molecule has 1 saturated heterocycles. The zero-order valence-corrected chi connectivity index (χ0v) is 16.0. The highest BCUT2D eigenvalue weighted by molar-refractivity contribution is 5.84. The summed E-state index contributed by atoms with van der Waals surface area (Å²) in [6.45, 7) is 4.87. The van der Waals surface area contributed by atoms with Crippen LogP contribution in [0.2, 0.25) is 0 Å². The highest BCUT2D eigenvalue weighted by Crippen LogP contribution is 2.24. The second-order valence-corrected chi connectivity index (χ2v) is 6.90. The Hall–Kier alpha value is -3.15. The molecule has 0 radical (unpaired) electrons. The smallest absolute Gasteiger partial charge is 0.230 e. The normalized spacial score (nSPS) is 15.5. The van der Waals surface area contributed by atoms with E-state index in [1.54, 1.807) is 12.5 Å². The van der Waals surface area contributed by atoms with Gasteiger partial charge in [-0.05, 0) is 30.2 Å². The molecule has 2 aromatic heterocycles. The van der Waals surface area contributed by atoms with Gasteiger partial charge in [0.25, 0.3) is 0 Å². The molecule has 0 N–H and O–H groups in total. The first kappa shape index (κ1) is 18.2. The van der Waals surface area contributed by atoms with Crippen molar-refractivity contribution in [3.05, 3.63) is 66.6 Å². The van der Waals surface area contributed by atoms with Crippen molar-refractivity contribution in [3.8, 4) is 11.5 Å². The molecule has 4 rings (SSSR count). The molecule has 0 bridgehead atoms. The fourth-order valence-corrected chi connectivity index (χ4v) is 3.65. The molecule has 1 fully saturated rings. The van der Waals surface area contributed by atoms with E-state index in [2.05, 4.69) is 21.8 Å². The minimum absolute atomic E-state index is 0.0775. The molecule has 1 atom stereocenters. The van der Waals surface area contributed by atoms with Crippen LogP contribution in [0.5, 0.6) is 0 Å². The summed E-state index contributed by atoms with van der Waals surface area (Å²) in [6.07, 6.45) is 4.19. The van der Waals surface area contributed by atoms with Gasteiger partial charge in [0.05, 0.1) is 12.2 Å². The summed E-state index contributed by atoms with van der Waals surface area (Å²) in [4.78, 5) is 26.2. The second-order valence-electron chi connectivity index (χ2n) is 6.90. The number of anilines is 1. The third-order valence-corrected chi connectivity index (χ3v) is 5.20. The second kappa shape index (κ2) is 8.25. The van der Waals surface area contributed by atoms with Gasteiger partial charge < -0.3 is 14.2 Å². The van der Waals surface area contributed by atoms with E-state index in [-0.39, 0.29) is 11.8 Å². The van der Waals surface area contributed by atoms with Gasteiger partial charge >= 0.3 is 0 Å². The minimum atomic E-state index is -0.0775. The number of rotatable bonds is 5. The molecule has 3 aromatic rings. The lowest BCUT2D eigenvalue weighted by molar-refractivity contribution is -0.133. The molecule has 6 nitrogen and oxygen atoms in total. The molecular formula is C22H24N4O2. The predicted molar refractivity (Wildman–Crippen MR) is 108 cm³/mol. The molecule has 1 aliphatic rings. The number of benzene rings is 1. The van der Waals surface area contributed by atoms with Gasteiger partial charge in [-0.2, -0.15) is 0 Å². The van der Waals surface area contributed by atoms with Gasteiger partial charge in [-0.15, -0.1) is 0 Å². The number of piperazine rings is 1. The standard InChI is InChI=1S/C22H24N4O2/c1-2-18(17-7-4-3-5-8-17)21(27)25-12-14-26(15-13-25)22-23-11-10-19(24-22)20-9-6-16-28-20/h3-11,16,18H,2,12-15H2,1H3. The van der Waals surface area contributed by atoms with Crippen LogP contribution in [0.25, 0.3) is 11.5 Å². The van der Waals surface area contributed by atoms with Crippen molar-refractivity contribution in [1.82, 2.24) is 14.9 Å². The lowest BCUT2D eigenvalue weighted by atomic mass is 9.95. The number of furan rings is 1. The molecule has 28 heavy (non-hydrogen) atoms. The van der Waals surface area contributed by atoms with Crippen LogP contribution >= 0.6 is 0 Å². The molecule has 0 spiro atoms. The average Bonchev–Trinajstić information content (AvgIpc) is 3.30. The van der Waals surface area contributed by atoms with E-state index in [0.29, 0.717) is 19.0 Å². The van der Waals surface area contributed by atoms with Crippen molar-refractivity contribution in [2.24, 2.45) is 0 Å². The van der Waals surface area contributed by atoms with E-state index in [1.165, 1.54) is 0 Å². The molecular weight excluding hydrogens is 352 g/mol. The van der Waals surface area contributed by atoms with Crippen molar-refractivity contribution in [2.45, 2.75) is 19.3 Å². The number of carbonyl (C=O) groups is 1. The van der Waals surface area contributed by atoms with E-state index < -0.39 is 0 Å². The van der Waals surface area contributed by atoms with E-state index in [4.69, 9.17) is 4.42 Å². The molecule has 6 heteroatoms. The third-order valence-electron chi connectivity index (χ3n) is 5.20. The van der Waals surface area contributed by atoms with Gasteiger partial charge in [-0.25, -0.2) is 9.97 Å². The Balaban J connectivity index is 1.42. The maximum Gasteiger partial charge on any atom is 0.230 e. The summed E-state index contributed by atoms with van der Waals surface area (Å²) in [5.41, 5.74) is 1.86. The summed E-state index contributed by atoms with van der Waals surface area (Å²) in [7, 11) is 0. The number of hydrogen-bond donors (Lipinski definition) is 0. The summed E-state index contributed by atoms with van der Waals surface area (Å²) in [5.74, 6) is 1.53. The number of nitrogens with zero attached hydrogens (tertiary/aromatic N) is 4. The van der Waals surface area contributed by atoms with Crippen LogP contribution in [0.1, 0.15) is 24.8 Å². The minimum Gasteiger partial charge on any atom is -0.463 e. The zero-order chi connectivity index (χ0) is 19.3. The Bertz CT molecular complexity index is 903. The fourth-order valence-electron chi connectivity index (χ4n) is 3.65. The van der Waals surface area contributed by atoms with E-state index in [9.17, 15) is 4.79 Å². The van der Waals surface area contributed by atoms with Crippen molar-refractivity contribution in [1.29, 1.82) is 0 Å². The van der Waals surface area contributed by atoms with Crippen LogP contribution in [0.15, 0.2) is 65.4 Å². The molecule has 144 valence electrons. The highest BCUT2D eigenvalue weighted by Gasteiger charge is 2.28. The van der Waals surface area contributed by atoms with E-state index >= 15 is 0 Å². The fraction of sp³-hybridized carbons (Fsp3) is 0.318. The Morgan fingerprint density at radius 1 is 1.07 bits per heavy atom. The Morgan fingerprint density at radius 2 is 1.86 bits per heavy atom. The SMILES string of the molecule is CCC(C(=O)N1CCN(c2nccc(-c3ccco3)n2)CC1)c1ccccc1. The van der Waals surface area contributed by atoms with Gasteiger partial charge in [-0.3, -0.25) is 4.79 Å². The van der Waals surface area contributed by atoms with E-state index in [0.717, 1.165) is 36.5 Å². The lowest BCUT2D eigenvalue weighted by Gasteiger charge is -2.36. The van der Waals surface area contributed by atoms with Gasteiger partial charge in [0.15, 0.2) is 5.76 Å². The number of hydrogen-bond acceptors (Lipinski definition) is 5. The topological polar surface area (TPSA) is 62.5 Å². The van der Waals surface area contributed by atoms with E-state index in [1.807, 2.05) is 53.4 Å². The van der Waals surface area contributed by atoms with Crippen molar-refractivity contribution in [2.75, 3.05) is 31.1 Å². The van der Waals surface area contributed by atoms with Crippen LogP contribution in [0.4, 0.5) is 5.95 Å². The number of aromatic nitrogens is 2. The van der Waals surface area contributed by atoms with Crippen LogP contribution in [-0.4, -0.2) is 47.0 Å². The molecule has 0 saturated carbocycles. The van der Waals surface area contributed by atoms with Gasteiger partial charge in [-0.1, -0.05) is 37.3 Å². The quantitative estimate of drug-likeness (QED) is 0.681. The van der Waals surface area contributed by atoms with Crippen molar-refractivity contribution < 1.29 is 9.21 Å². The number of amides is 1. The Labute approximate surface area is 164 Å². The van der Waals surface area contributed by atoms with Crippen molar-refractivity contribution >= 4 is 11.9 Å². The summed E-state index contributed by atoms with van der Waals surface area (Å²) < 4.78 is 5.43. The van der Waals surface area contributed by atoms with Crippen LogP contribution in [0.3, 0.4) is 0 Å². The molecule has 0 aliphatic carbocycles. The first-order valence-corrected chi connectivity index (χ1v) is 9.72. The summed E-state index contributed by atoms with van der Waals surface area (Å²) >= 11 is 0. The monoisotopic (exact) mass is 376 g/mol. The van der Waals surface area contributed by atoms with Crippen LogP contribution in [-0.2, 0) is 4.79 Å². The van der Waals surface area contributed by atoms with Crippen LogP contribution in [0, 0.1) is 0 Å². The molecule has 1 aliphatic heterocycles. The first-order valence-electron chi connectivity index (χ1n) is 9.72. The van der Waals surface area contributed by atoms with Gasteiger partial charge in [0.2, 0.25) is 11.9 Å². The molecule has 1 aromatic carbocycles. The maximum atomic E-state index is 13.0. The average molecular weight is 376 g/mol. The predicted octanol–water partition coefficient (Wildman–Crippen LogP) is 3.58. The largest absolute Gasteiger partial charge is 0.463 e.